The van der Waals surface area contributed by atoms with Gasteiger partial charge in [-0.25, -0.2) is 0 Å². The highest BCUT2D eigenvalue weighted by molar-refractivity contribution is 5.87. The van der Waals surface area contributed by atoms with Crippen LogP contribution in [0.4, 0.5) is 0 Å². The van der Waals surface area contributed by atoms with Crippen LogP contribution in [0.25, 0.3) is 0 Å². The Balaban J connectivity index is 1.49. The first-order valence-electron chi connectivity index (χ1n) is 14.4. The van der Waals surface area contributed by atoms with Crippen LogP contribution in [0.15, 0.2) is 36.0 Å². The van der Waals surface area contributed by atoms with Crippen molar-refractivity contribution in [3.05, 3.63) is 36.0 Å². The molecule has 230 valence electrons. The SMILES string of the molecule is CC(=O)O[C@@H](C)C=CC(=O)N[C@@H]1C[C@H](C)[C@H](CC=C(C)C=C[C@H]2O[C@H](CC(=O)NCCO)C[C@@]3(CO3)[C@@H]2O)O[C@@H]1C. The molecule has 3 heterocycles. The Bertz CT molecular complexity index is 1010. The monoisotopic (exact) mass is 578 g/mol. The number of hydrogen-bond acceptors (Lipinski definition) is 9. The molecule has 3 fully saturated rings. The van der Waals surface area contributed by atoms with E-state index in [1.54, 1.807) is 13.0 Å². The van der Waals surface area contributed by atoms with Gasteiger partial charge in [0.15, 0.2) is 0 Å². The number of allylic oxidation sites excluding steroid dienone is 2. The molecule has 3 aliphatic rings. The van der Waals surface area contributed by atoms with Crippen LogP contribution >= 0.6 is 0 Å². The number of amides is 2. The Kier molecular flexibility index (Phi) is 12.1. The zero-order valence-electron chi connectivity index (χ0n) is 24.7. The van der Waals surface area contributed by atoms with Crippen molar-refractivity contribution >= 4 is 17.8 Å². The van der Waals surface area contributed by atoms with Crippen molar-refractivity contribution in [2.24, 2.45) is 5.92 Å². The molecular weight excluding hydrogens is 532 g/mol. The maximum absolute atomic E-state index is 12.4. The van der Waals surface area contributed by atoms with E-state index in [0.29, 0.717) is 19.4 Å². The summed E-state index contributed by atoms with van der Waals surface area (Å²) in [6.07, 6.45) is 8.29. The van der Waals surface area contributed by atoms with E-state index < -0.39 is 36.0 Å². The number of hydrogen-bond donors (Lipinski definition) is 4. The fraction of sp³-hybridized carbons (Fsp3) is 0.700. The summed E-state index contributed by atoms with van der Waals surface area (Å²) in [6, 6.07) is -0.132. The molecule has 11 nitrogen and oxygen atoms in total. The van der Waals surface area contributed by atoms with Crippen molar-refractivity contribution in [3.63, 3.8) is 0 Å². The average molecular weight is 579 g/mol. The van der Waals surface area contributed by atoms with Gasteiger partial charge in [0, 0.05) is 26.0 Å². The smallest absolute Gasteiger partial charge is 0.303 e. The zero-order chi connectivity index (χ0) is 30.2. The molecular formula is C30H46N2O9. The minimum absolute atomic E-state index is 0.0116. The molecule has 0 aromatic heterocycles. The van der Waals surface area contributed by atoms with Crippen LogP contribution in [-0.2, 0) is 33.3 Å². The van der Waals surface area contributed by atoms with Crippen molar-refractivity contribution in [1.29, 1.82) is 0 Å². The molecule has 0 aliphatic carbocycles. The van der Waals surface area contributed by atoms with E-state index >= 15 is 0 Å². The van der Waals surface area contributed by atoms with E-state index in [-0.39, 0.29) is 55.6 Å². The highest BCUT2D eigenvalue weighted by Crippen LogP contribution is 2.43. The second-order valence-electron chi connectivity index (χ2n) is 11.4. The summed E-state index contributed by atoms with van der Waals surface area (Å²) in [7, 11) is 0. The Morgan fingerprint density at radius 3 is 2.56 bits per heavy atom. The van der Waals surface area contributed by atoms with Crippen LogP contribution in [0.2, 0.25) is 0 Å². The fourth-order valence-corrected chi connectivity index (χ4v) is 5.36. The van der Waals surface area contributed by atoms with Crippen molar-refractivity contribution in [2.75, 3.05) is 19.8 Å². The lowest BCUT2D eigenvalue weighted by Gasteiger charge is -2.39. The third-order valence-corrected chi connectivity index (χ3v) is 7.77. The van der Waals surface area contributed by atoms with Gasteiger partial charge in [0.05, 0.1) is 44.0 Å². The number of aliphatic hydroxyl groups is 2. The lowest BCUT2D eigenvalue weighted by Crippen LogP contribution is -2.51. The Labute approximate surface area is 242 Å². The lowest BCUT2D eigenvalue weighted by atomic mass is 9.87. The predicted octanol–water partition coefficient (Wildman–Crippen LogP) is 1.47. The molecule has 0 radical (unpaired) electrons. The van der Waals surface area contributed by atoms with E-state index in [1.165, 1.54) is 13.0 Å². The molecule has 2 amide bonds. The number of carbonyl (C=O) groups excluding carboxylic acids is 3. The summed E-state index contributed by atoms with van der Waals surface area (Å²) in [5.74, 6) is -0.655. The summed E-state index contributed by atoms with van der Waals surface area (Å²) in [6.45, 7) is 9.54. The number of epoxide rings is 1. The van der Waals surface area contributed by atoms with E-state index in [9.17, 15) is 19.5 Å². The number of nitrogens with one attached hydrogen (secondary N) is 2. The van der Waals surface area contributed by atoms with Crippen LogP contribution in [0, 0.1) is 5.92 Å². The molecule has 9 atom stereocenters. The first kappa shape index (κ1) is 32.9. The summed E-state index contributed by atoms with van der Waals surface area (Å²) < 4.78 is 22.9. The summed E-state index contributed by atoms with van der Waals surface area (Å²) in [4.78, 5) is 35.5. The van der Waals surface area contributed by atoms with Crippen LogP contribution in [0.5, 0.6) is 0 Å². The third-order valence-electron chi connectivity index (χ3n) is 7.77. The second kappa shape index (κ2) is 15.1. The summed E-state index contributed by atoms with van der Waals surface area (Å²) in [5.41, 5.74) is 0.316. The summed E-state index contributed by atoms with van der Waals surface area (Å²) >= 11 is 0. The predicted molar refractivity (Wildman–Crippen MR) is 151 cm³/mol. The first-order valence-corrected chi connectivity index (χ1v) is 14.4. The average Bonchev–Trinajstić information content (AvgIpc) is 3.68. The highest BCUT2D eigenvalue weighted by Gasteiger charge is 2.58. The van der Waals surface area contributed by atoms with Gasteiger partial charge in [0.2, 0.25) is 11.8 Å². The van der Waals surface area contributed by atoms with Crippen LogP contribution in [0.3, 0.4) is 0 Å². The van der Waals surface area contributed by atoms with E-state index in [4.69, 9.17) is 24.1 Å². The second-order valence-corrected chi connectivity index (χ2v) is 11.4. The van der Waals surface area contributed by atoms with Gasteiger partial charge in [-0.15, -0.1) is 0 Å². The first-order chi connectivity index (χ1) is 19.4. The molecule has 0 aromatic rings. The van der Waals surface area contributed by atoms with E-state index in [0.717, 1.165) is 12.0 Å². The zero-order valence-corrected chi connectivity index (χ0v) is 24.7. The van der Waals surface area contributed by atoms with E-state index in [1.807, 2.05) is 26.0 Å². The van der Waals surface area contributed by atoms with Gasteiger partial charge in [0.25, 0.3) is 0 Å². The van der Waals surface area contributed by atoms with Crippen molar-refractivity contribution in [1.82, 2.24) is 10.6 Å². The molecule has 11 heteroatoms. The summed E-state index contributed by atoms with van der Waals surface area (Å²) in [5, 5.41) is 25.4. The Morgan fingerprint density at radius 2 is 1.90 bits per heavy atom. The fourth-order valence-electron chi connectivity index (χ4n) is 5.36. The Morgan fingerprint density at radius 1 is 1.17 bits per heavy atom. The third kappa shape index (κ3) is 10.0. The van der Waals surface area contributed by atoms with Gasteiger partial charge in [0.1, 0.15) is 23.9 Å². The topological polar surface area (TPSA) is 156 Å². The number of aliphatic hydroxyl groups excluding tert-OH is 2. The maximum Gasteiger partial charge on any atom is 0.303 e. The van der Waals surface area contributed by atoms with Gasteiger partial charge in [-0.05, 0) is 45.6 Å². The number of esters is 1. The van der Waals surface area contributed by atoms with Crippen molar-refractivity contribution in [3.8, 4) is 0 Å². The van der Waals surface area contributed by atoms with Crippen LogP contribution in [-0.4, -0.2) is 96.0 Å². The van der Waals surface area contributed by atoms with Gasteiger partial charge >= 0.3 is 5.97 Å². The van der Waals surface area contributed by atoms with Gasteiger partial charge in [-0.1, -0.05) is 30.7 Å². The molecule has 0 saturated carbocycles. The molecule has 3 rings (SSSR count). The largest absolute Gasteiger partial charge is 0.459 e. The minimum Gasteiger partial charge on any atom is -0.459 e. The minimum atomic E-state index is -0.822. The molecule has 3 saturated heterocycles. The van der Waals surface area contributed by atoms with Gasteiger partial charge in [-0.2, -0.15) is 0 Å². The molecule has 0 unspecified atom stereocenters. The molecule has 41 heavy (non-hydrogen) atoms. The highest BCUT2D eigenvalue weighted by atomic mass is 16.6. The van der Waals surface area contributed by atoms with Crippen LogP contribution < -0.4 is 10.6 Å². The normalized spacial score (nSPS) is 34.5. The molecule has 3 aliphatic heterocycles. The van der Waals surface area contributed by atoms with Crippen molar-refractivity contribution < 1.29 is 43.5 Å². The standard InChI is InChI=1S/C30H46N2O9/c1-18(7-10-26-29(37)30(17-38-30)16-23(41-26)15-28(36)31-12-13-33)6-9-25-19(2)14-24(21(4)40-25)32-27(35)11-8-20(3)39-22(5)34/h6-8,10-11,19-21,23-26,29,33,37H,9,12-17H2,1-5H3,(H,31,36)(H,32,35)/t19-,20-,21+,23+,24+,25-,26+,29+,30+/m0/s1. The maximum atomic E-state index is 12.4. The van der Waals surface area contributed by atoms with Crippen molar-refractivity contribution in [2.45, 2.75) is 109 Å². The van der Waals surface area contributed by atoms with Gasteiger partial charge in [-0.3, -0.25) is 14.4 Å². The van der Waals surface area contributed by atoms with Crippen LogP contribution in [0.1, 0.15) is 60.3 Å². The van der Waals surface area contributed by atoms with E-state index in [2.05, 4.69) is 23.6 Å². The lowest BCUT2D eigenvalue weighted by molar-refractivity contribution is -0.145. The number of carbonyl (C=O) groups is 3. The number of ether oxygens (including phenoxy) is 4. The quantitative estimate of drug-likeness (QED) is 0.117. The molecule has 0 aromatic carbocycles. The molecule has 1 spiro atoms. The molecule has 4 N–H and O–H groups in total. The number of rotatable bonds is 12. The molecule has 0 bridgehead atoms. The van der Waals surface area contributed by atoms with Gasteiger partial charge < -0.3 is 39.8 Å². The Hall–Kier alpha value is -2.57.